The topological polar surface area (TPSA) is 34.1 Å². The van der Waals surface area contributed by atoms with Crippen LogP contribution in [0.4, 0.5) is 13.2 Å². The van der Waals surface area contributed by atoms with Crippen LogP contribution in [0.5, 0.6) is 0 Å². The second-order valence-electron chi connectivity index (χ2n) is 5.70. The molecule has 0 amide bonds. The molecule has 2 rings (SSSR count). The third-order valence-corrected chi connectivity index (χ3v) is 4.01. The summed E-state index contributed by atoms with van der Waals surface area (Å²) in [5, 5.41) is 0. The summed E-state index contributed by atoms with van der Waals surface area (Å²) < 4.78 is 38.1. The molecule has 0 aliphatic heterocycles. The minimum atomic E-state index is -4.44. The number of rotatable bonds is 6. The fourth-order valence-corrected chi connectivity index (χ4v) is 2.74. The molecule has 0 N–H and O–H groups in total. The standard InChI is InChI=1S/C20H17F3O2/c1-3-17(14-9-11-16(12-10-14)20(21,22)23)18(13(2)24)19(25)15-7-5-4-6-8-15/h3-12,17-18H,1H2,2H3/t17-,18-/m1/s1. The SMILES string of the molecule is C=C[C@H](c1ccc(C(F)(F)F)cc1)[C@@H](C(C)=O)C(=O)c1ccccc1. The average Bonchev–Trinajstić information content (AvgIpc) is 2.59. The molecule has 0 saturated carbocycles. The van der Waals surface area contributed by atoms with Crippen LogP contribution in [-0.2, 0) is 11.0 Å². The van der Waals surface area contributed by atoms with E-state index in [1.165, 1.54) is 25.1 Å². The second kappa shape index (κ2) is 7.47. The number of ketones is 2. The summed E-state index contributed by atoms with van der Waals surface area (Å²) in [6, 6.07) is 12.8. The number of carbonyl (C=O) groups is 2. The molecule has 0 aliphatic carbocycles. The highest BCUT2D eigenvalue weighted by Gasteiger charge is 2.34. The van der Waals surface area contributed by atoms with Crippen molar-refractivity contribution in [3.8, 4) is 0 Å². The Morgan fingerprint density at radius 1 is 1.00 bits per heavy atom. The van der Waals surface area contributed by atoms with Crippen LogP contribution in [0, 0.1) is 5.92 Å². The number of hydrogen-bond donors (Lipinski definition) is 0. The fourth-order valence-electron chi connectivity index (χ4n) is 2.74. The summed E-state index contributed by atoms with van der Waals surface area (Å²) in [6.07, 6.45) is -3.02. The van der Waals surface area contributed by atoms with Crippen molar-refractivity contribution in [2.75, 3.05) is 0 Å². The van der Waals surface area contributed by atoms with Gasteiger partial charge in [0.25, 0.3) is 0 Å². The van der Waals surface area contributed by atoms with E-state index in [2.05, 4.69) is 6.58 Å². The third kappa shape index (κ3) is 4.24. The molecule has 0 radical (unpaired) electrons. The Balaban J connectivity index is 2.40. The molecule has 0 saturated heterocycles. The summed E-state index contributed by atoms with van der Waals surface area (Å²) >= 11 is 0. The zero-order valence-corrected chi connectivity index (χ0v) is 13.6. The predicted octanol–water partition coefficient (Wildman–Crippen LogP) is 5.06. The molecule has 2 aromatic carbocycles. The Labute approximate surface area is 144 Å². The molecule has 5 heteroatoms. The number of carbonyl (C=O) groups excluding carboxylic acids is 2. The first kappa shape index (κ1) is 18.6. The van der Waals surface area contributed by atoms with Crippen molar-refractivity contribution in [2.45, 2.75) is 19.0 Å². The Morgan fingerprint density at radius 3 is 2.00 bits per heavy atom. The van der Waals surface area contributed by atoms with Crippen LogP contribution in [0.15, 0.2) is 67.3 Å². The van der Waals surface area contributed by atoms with Crippen LogP contribution in [0.25, 0.3) is 0 Å². The fraction of sp³-hybridized carbons (Fsp3) is 0.200. The molecule has 2 nitrogen and oxygen atoms in total. The lowest BCUT2D eigenvalue weighted by atomic mass is 9.79. The number of alkyl halides is 3. The van der Waals surface area contributed by atoms with Gasteiger partial charge in [0.1, 0.15) is 5.78 Å². The van der Waals surface area contributed by atoms with Gasteiger partial charge in [0.15, 0.2) is 5.78 Å². The molecule has 0 aliphatic rings. The Morgan fingerprint density at radius 2 is 1.56 bits per heavy atom. The van der Waals surface area contributed by atoms with Crippen LogP contribution >= 0.6 is 0 Å². The van der Waals surface area contributed by atoms with Crippen molar-refractivity contribution in [1.29, 1.82) is 0 Å². The van der Waals surface area contributed by atoms with E-state index in [1.807, 2.05) is 0 Å². The van der Waals surface area contributed by atoms with E-state index >= 15 is 0 Å². The van der Waals surface area contributed by atoms with E-state index in [-0.39, 0.29) is 11.6 Å². The largest absolute Gasteiger partial charge is 0.416 e. The molecule has 25 heavy (non-hydrogen) atoms. The van der Waals surface area contributed by atoms with Gasteiger partial charge in [0, 0.05) is 11.5 Å². The van der Waals surface area contributed by atoms with Gasteiger partial charge in [-0.2, -0.15) is 13.2 Å². The van der Waals surface area contributed by atoms with Gasteiger partial charge in [-0.15, -0.1) is 6.58 Å². The molecule has 2 aromatic rings. The quantitative estimate of drug-likeness (QED) is 0.416. The summed E-state index contributed by atoms with van der Waals surface area (Å²) in [5.74, 6) is -2.47. The first-order chi connectivity index (χ1) is 11.8. The van der Waals surface area contributed by atoms with Crippen molar-refractivity contribution in [2.24, 2.45) is 5.92 Å². The first-order valence-electron chi connectivity index (χ1n) is 7.65. The van der Waals surface area contributed by atoms with E-state index in [9.17, 15) is 22.8 Å². The van der Waals surface area contributed by atoms with Crippen LogP contribution in [0.3, 0.4) is 0 Å². The number of halogens is 3. The molecule has 2 atom stereocenters. The van der Waals surface area contributed by atoms with Crippen molar-refractivity contribution >= 4 is 11.6 Å². The van der Waals surface area contributed by atoms with Gasteiger partial charge >= 0.3 is 6.18 Å². The molecular formula is C20H17F3O2. The third-order valence-electron chi connectivity index (χ3n) is 4.01. The minimum absolute atomic E-state index is 0.362. The lowest BCUT2D eigenvalue weighted by molar-refractivity contribution is -0.137. The number of hydrogen-bond acceptors (Lipinski definition) is 2. The van der Waals surface area contributed by atoms with Gasteiger partial charge in [0.2, 0.25) is 0 Å². The average molecular weight is 346 g/mol. The molecule has 130 valence electrons. The van der Waals surface area contributed by atoms with Gasteiger partial charge in [-0.25, -0.2) is 0 Å². The Kier molecular flexibility index (Phi) is 5.57. The highest BCUT2D eigenvalue weighted by atomic mass is 19.4. The van der Waals surface area contributed by atoms with Crippen molar-refractivity contribution < 1.29 is 22.8 Å². The second-order valence-corrected chi connectivity index (χ2v) is 5.70. The van der Waals surface area contributed by atoms with E-state index in [1.54, 1.807) is 30.3 Å². The van der Waals surface area contributed by atoms with Gasteiger partial charge in [-0.1, -0.05) is 48.5 Å². The van der Waals surface area contributed by atoms with Gasteiger partial charge in [0.05, 0.1) is 11.5 Å². The number of Topliss-reactive ketones (excluding diaryl/α,β-unsaturated/α-hetero) is 2. The lowest BCUT2D eigenvalue weighted by Crippen LogP contribution is -2.28. The minimum Gasteiger partial charge on any atom is -0.299 e. The van der Waals surface area contributed by atoms with E-state index in [0.717, 1.165) is 12.1 Å². The summed E-state index contributed by atoms with van der Waals surface area (Å²) in [6.45, 7) is 4.96. The summed E-state index contributed by atoms with van der Waals surface area (Å²) in [7, 11) is 0. The summed E-state index contributed by atoms with van der Waals surface area (Å²) in [4.78, 5) is 24.8. The highest BCUT2D eigenvalue weighted by Crippen LogP contribution is 2.33. The van der Waals surface area contributed by atoms with Crippen LogP contribution in [-0.4, -0.2) is 11.6 Å². The van der Waals surface area contributed by atoms with Crippen molar-refractivity contribution in [3.63, 3.8) is 0 Å². The van der Waals surface area contributed by atoms with Crippen molar-refractivity contribution in [1.82, 2.24) is 0 Å². The van der Waals surface area contributed by atoms with Crippen LogP contribution < -0.4 is 0 Å². The van der Waals surface area contributed by atoms with Crippen LogP contribution in [0.1, 0.15) is 34.3 Å². The van der Waals surface area contributed by atoms with Gasteiger partial charge in [-0.05, 0) is 24.6 Å². The van der Waals surface area contributed by atoms with Crippen LogP contribution in [0.2, 0.25) is 0 Å². The maximum atomic E-state index is 12.7. The summed E-state index contributed by atoms with van der Waals surface area (Å²) in [5.41, 5.74) is 0.0294. The normalized spacial score (nSPS) is 13.8. The molecule has 0 spiro atoms. The van der Waals surface area contributed by atoms with Gasteiger partial charge < -0.3 is 0 Å². The monoisotopic (exact) mass is 346 g/mol. The first-order valence-corrected chi connectivity index (χ1v) is 7.65. The Hall–Kier alpha value is -2.69. The molecule has 0 fully saturated rings. The molecule has 0 bridgehead atoms. The zero-order valence-electron chi connectivity index (χ0n) is 13.6. The lowest BCUT2D eigenvalue weighted by Gasteiger charge is -2.22. The molecule has 0 heterocycles. The Bertz CT molecular complexity index is 762. The zero-order chi connectivity index (χ0) is 18.6. The smallest absolute Gasteiger partial charge is 0.299 e. The number of allylic oxidation sites excluding steroid dienone is 1. The molecular weight excluding hydrogens is 329 g/mol. The van der Waals surface area contributed by atoms with E-state index in [0.29, 0.717) is 11.1 Å². The number of benzene rings is 2. The van der Waals surface area contributed by atoms with Crippen molar-refractivity contribution in [3.05, 3.63) is 83.9 Å². The predicted molar refractivity (Wildman–Crippen MR) is 89.3 cm³/mol. The maximum Gasteiger partial charge on any atom is 0.416 e. The maximum absolute atomic E-state index is 12.7. The van der Waals surface area contributed by atoms with Gasteiger partial charge in [-0.3, -0.25) is 9.59 Å². The highest BCUT2D eigenvalue weighted by molar-refractivity contribution is 6.11. The molecule has 0 unspecified atom stereocenters. The molecule has 0 aromatic heterocycles. The van der Waals surface area contributed by atoms with E-state index < -0.39 is 23.6 Å². The van der Waals surface area contributed by atoms with E-state index in [4.69, 9.17) is 0 Å².